The van der Waals surface area contributed by atoms with E-state index in [2.05, 4.69) is 15.9 Å². The first-order valence-electron chi connectivity index (χ1n) is 2.96. The van der Waals surface area contributed by atoms with Crippen molar-refractivity contribution in [1.82, 2.24) is 0 Å². The summed E-state index contributed by atoms with van der Waals surface area (Å²) in [5.74, 6) is 0. The van der Waals surface area contributed by atoms with Crippen LogP contribution in [-0.2, 0) is 0 Å². The lowest BCUT2D eigenvalue weighted by atomic mass is 10.4. The van der Waals surface area contributed by atoms with Crippen LogP contribution < -0.4 is 9.57 Å². The lowest BCUT2D eigenvalue weighted by Gasteiger charge is -1.93. The van der Waals surface area contributed by atoms with Gasteiger partial charge in [0.15, 0.2) is 0 Å². The van der Waals surface area contributed by atoms with Crippen LogP contribution >= 0.6 is 15.9 Å². The SMILES string of the molecule is CO[n+]1ccc(Br)cc1C. The Kier molecular flexibility index (Phi) is 2.27. The summed E-state index contributed by atoms with van der Waals surface area (Å²) in [5, 5.41) is 0. The normalized spacial score (nSPS) is 9.50. The smallest absolute Gasteiger partial charge is 0.232 e. The zero-order valence-corrected chi connectivity index (χ0v) is 7.55. The number of nitrogens with zero attached hydrogens (tertiary/aromatic N) is 1. The molecule has 0 saturated carbocycles. The highest BCUT2D eigenvalue weighted by molar-refractivity contribution is 9.10. The van der Waals surface area contributed by atoms with Crippen LogP contribution in [-0.4, -0.2) is 7.11 Å². The predicted octanol–water partition coefficient (Wildman–Crippen LogP) is 1.10. The number of aryl methyl sites for hydroxylation is 1. The molecule has 54 valence electrons. The molecule has 0 bridgehead atoms. The number of halogens is 1. The van der Waals surface area contributed by atoms with E-state index in [-0.39, 0.29) is 0 Å². The third-order valence-corrected chi connectivity index (χ3v) is 1.75. The van der Waals surface area contributed by atoms with Crippen molar-refractivity contribution in [3.63, 3.8) is 0 Å². The van der Waals surface area contributed by atoms with Gasteiger partial charge in [-0.1, -0.05) is 15.9 Å². The van der Waals surface area contributed by atoms with Gasteiger partial charge in [0.2, 0.25) is 11.9 Å². The Morgan fingerprint density at radius 3 is 2.80 bits per heavy atom. The Morgan fingerprint density at radius 2 is 2.30 bits per heavy atom. The molecular weight excluding hydrogens is 194 g/mol. The first kappa shape index (κ1) is 7.54. The average molecular weight is 203 g/mol. The van der Waals surface area contributed by atoms with Gasteiger partial charge in [-0.2, -0.15) is 0 Å². The number of pyridine rings is 1. The quantitative estimate of drug-likeness (QED) is 0.623. The van der Waals surface area contributed by atoms with Crippen molar-refractivity contribution in [2.45, 2.75) is 6.92 Å². The number of rotatable bonds is 1. The van der Waals surface area contributed by atoms with Gasteiger partial charge in [0, 0.05) is 28.3 Å². The molecule has 1 rings (SSSR count). The van der Waals surface area contributed by atoms with Crippen molar-refractivity contribution in [3.8, 4) is 0 Å². The minimum Gasteiger partial charge on any atom is -0.274 e. The third kappa shape index (κ3) is 1.48. The molecular formula is C7H9BrNO+. The van der Waals surface area contributed by atoms with Gasteiger partial charge in [-0.25, -0.2) is 0 Å². The van der Waals surface area contributed by atoms with Crippen molar-refractivity contribution in [3.05, 3.63) is 28.5 Å². The second-order valence-electron chi connectivity index (χ2n) is 1.99. The number of hydrogen-bond donors (Lipinski definition) is 0. The summed E-state index contributed by atoms with van der Waals surface area (Å²) in [7, 11) is 1.64. The summed E-state index contributed by atoms with van der Waals surface area (Å²) in [4.78, 5) is 5.00. The minimum atomic E-state index is 1.07. The first-order valence-corrected chi connectivity index (χ1v) is 3.75. The molecule has 0 aliphatic rings. The van der Waals surface area contributed by atoms with Gasteiger partial charge in [-0.3, -0.25) is 4.84 Å². The second kappa shape index (κ2) is 3.01. The molecule has 0 radical (unpaired) electrons. The van der Waals surface area contributed by atoms with Crippen molar-refractivity contribution < 1.29 is 9.57 Å². The lowest BCUT2D eigenvalue weighted by Crippen LogP contribution is -2.42. The molecule has 0 aromatic carbocycles. The third-order valence-electron chi connectivity index (χ3n) is 1.26. The minimum absolute atomic E-state index is 1.07. The number of aromatic nitrogens is 1. The molecule has 2 nitrogen and oxygen atoms in total. The molecule has 1 aromatic heterocycles. The van der Waals surface area contributed by atoms with E-state index in [0.717, 1.165) is 10.2 Å². The van der Waals surface area contributed by atoms with Gasteiger partial charge in [-0.05, 0) is 0 Å². The summed E-state index contributed by atoms with van der Waals surface area (Å²) in [6.45, 7) is 1.98. The molecule has 0 unspecified atom stereocenters. The monoisotopic (exact) mass is 202 g/mol. The Labute approximate surface area is 68.5 Å². The van der Waals surface area contributed by atoms with Crippen LogP contribution in [0.2, 0.25) is 0 Å². The van der Waals surface area contributed by atoms with E-state index in [9.17, 15) is 0 Å². The molecule has 0 saturated heterocycles. The van der Waals surface area contributed by atoms with E-state index < -0.39 is 0 Å². The topological polar surface area (TPSA) is 13.1 Å². The fourth-order valence-corrected chi connectivity index (χ4v) is 1.22. The maximum Gasteiger partial charge on any atom is 0.232 e. The Morgan fingerprint density at radius 1 is 1.60 bits per heavy atom. The van der Waals surface area contributed by atoms with Gasteiger partial charge in [0.05, 0.1) is 0 Å². The van der Waals surface area contributed by atoms with Gasteiger partial charge < -0.3 is 0 Å². The molecule has 0 aliphatic carbocycles. The summed E-state index contributed by atoms with van der Waals surface area (Å²) in [6, 6.07) is 3.92. The van der Waals surface area contributed by atoms with Crippen molar-refractivity contribution in [2.24, 2.45) is 0 Å². The van der Waals surface area contributed by atoms with Gasteiger partial charge >= 0.3 is 0 Å². The van der Waals surface area contributed by atoms with E-state index >= 15 is 0 Å². The summed E-state index contributed by atoms with van der Waals surface area (Å²) >= 11 is 3.36. The van der Waals surface area contributed by atoms with Crippen molar-refractivity contribution in [2.75, 3.05) is 7.11 Å². The maximum atomic E-state index is 5.00. The zero-order valence-electron chi connectivity index (χ0n) is 5.97. The van der Waals surface area contributed by atoms with Gasteiger partial charge in [0.1, 0.15) is 7.11 Å². The highest BCUT2D eigenvalue weighted by Crippen LogP contribution is 2.06. The van der Waals surface area contributed by atoms with Crippen LogP contribution in [0.3, 0.4) is 0 Å². The van der Waals surface area contributed by atoms with Crippen LogP contribution in [0.15, 0.2) is 22.8 Å². The molecule has 0 amide bonds. The van der Waals surface area contributed by atoms with Crippen LogP contribution in [0.25, 0.3) is 0 Å². The highest BCUT2D eigenvalue weighted by Gasteiger charge is 2.04. The fraction of sp³-hybridized carbons (Fsp3) is 0.286. The van der Waals surface area contributed by atoms with Gasteiger partial charge in [0.25, 0.3) is 0 Å². The predicted molar refractivity (Wildman–Crippen MR) is 41.6 cm³/mol. The Bertz CT molecular complexity index is 237. The molecule has 3 heteroatoms. The molecule has 0 spiro atoms. The highest BCUT2D eigenvalue weighted by atomic mass is 79.9. The molecule has 10 heavy (non-hydrogen) atoms. The van der Waals surface area contributed by atoms with E-state index in [4.69, 9.17) is 4.84 Å². The average Bonchev–Trinajstić information content (AvgIpc) is 1.88. The van der Waals surface area contributed by atoms with E-state index in [1.54, 1.807) is 11.8 Å². The molecule has 1 aromatic rings. The lowest BCUT2D eigenvalue weighted by molar-refractivity contribution is -0.889. The Balaban J connectivity index is 3.07. The van der Waals surface area contributed by atoms with Crippen LogP contribution in [0.1, 0.15) is 5.69 Å². The second-order valence-corrected chi connectivity index (χ2v) is 2.91. The van der Waals surface area contributed by atoms with E-state index in [1.807, 2.05) is 25.3 Å². The van der Waals surface area contributed by atoms with Crippen molar-refractivity contribution in [1.29, 1.82) is 0 Å². The summed E-state index contributed by atoms with van der Waals surface area (Å²) < 4.78 is 2.77. The molecule has 1 heterocycles. The molecule has 0 fully saturated rings. The maximum absolute atomic E-state index is 5.00. The first-order chi connectivity index (χ1) is 4.74. The number of hydrogen-bond acceptors (Lipinski definition) is 1. The van der Waals surface area contributed by atoms with Crippen LogP contribution in [0.5, 0.6) is 0 Å². The fourth-order valence-electron chi connectivity index (χ4n) is 0.773. The summed E-state index contributed by atoms with van der Waals surface area (Å²) in [5.41, 5.74) is 1.07. The molecule has 0 aliphatic heterocycles. The summed E-state index contributed by atoms with van der Waals surface area (Å²) in [6.07, 6.45) is 1.86. The molecule has 0 N–H and O–H groups in total. The van der Waals surface area contributed by atoms with Gasteiger partial charge in [-0.15, -0.1) is 0 Å². The van der Waals surface area contributed by atoms with E-state index in [0.29, 0.717) is 0 Å². The van der Waals surface area contributed by atoms with Crippen LogP contribution in [0.4, 0.5) is 0 Å². The standard InChI is InChI=1S/C7H9BrNO/c1-6-5-7(8)3-4-9(6)10-2/h3-5H,1-2H3/q+1. The molecule has 0 atom stereocenters. The Hall–Kier alpha value is -0.570. The van der Waals surface area contributed by atoms with Crippen LogP contribution in [0, 0.1) is 6.92 Å². The van der Waals surface area contributed by atoms with E-state index in [1.165, 1.54) is 0 Å². The zero-order chi connectivity index (χ0) is 7.56. The van der Waals surface area contributed by atoms with Crippen molar-refractivity contribution >= 4 is 15.9 Å². The largest absolute Gasteiger partial charge is 0.274 e.